The fourth-order valence-corrected chi connectivity index (χ4v) is 2.85. The van der Waals surface area contributed by atoms with Gasteiger partial charge in [-0.05, 0) is 19.1 Å². The molecule has 16 heavy (non-hydrogen) atoms. The Kier molecular flexibility index (Phi) is 2.57. The molecular formula is C11H14N4S. The predicted molar refractivity (Wildman–Crippen MR) is 66.7 cm³/mol. The Balaban J connectivity index is 1.97. The first-order valence-electron chi connectivity index (χ1n) is 5.47. The second-order valence-electron chi connectivity index (χ2n) is 4.03. The Labute approximate surface area is 98.3 Å². The number of thioether (sulfide) groups is 1. The summed E-state index contributed by atoms with van der Waals surface area (Å²) >= 11 is 1.97. The number of hydrogen-bond donors (Lipinski definition) is 2. The SMILES string of the molecule is Cc1ccc2[nH]c(C3CSCCN3)nc2n1. The lowest BCUT2D eigenvalue weighted by atomic mass is 10.3. The fraction of sp³-hybridized carbons (Fsp3) is 0.455. The molecule has 0 aliphatic carbocycles. The highest BCUT2D eigenvalue weighted by molar-refractivity contribution is 7.99. The molecule has 0 saturated carbocycles. The van der Waals surface area contributed by atoms with Crippen molar-refractivity contribution in [1.29, 1.82) is 0 Å². The third kappa shape index (κ3) is 1.81. The van der Waals surface area contributed by atoms with E-state index in [-0.39, 0.29) is 0 Å². The van der Waals surface area contributed by atoms with Gasteiger partial charge in [-0.2, -0.15) is 11.8 Å². The first-order valence-corrected chi connectivity index (χ1v) is 6.63. The van der Waals surface area contributed by atoms with Crippen LogP contribution in [0.15, 0.2) is 12.1 Å². The Bertz CT molecular complexity index is 502. The van der Waals surface area contributed by atoms with Gasteiger partial charge in [-0.1, -0.05) is 0 Å². The van der Waals surface area contributed by atoms with Crippen molar-refractivity contribution in [3.63, 3.8) is 0 Å². The van der Waals surface area contributed by atoms with Crippen molar-refractivity contribution in [3.8, 4) is 0 Å². The van der Waals surface area contributed by atoms with Crippen LogP contribution < -0.4 is 5.32 Å². The first-order chi connectivity index (χ1) is 7.83. The van der Waals surface area contributed by atoms with Gasteiger partial charge < -0.3 is 10.3 Å². The van der Waals surface area contributed by atoms with Crippen LogP contribution in [0.5, 0.6) is 0 Å². The average molecular weight is 234 g/mol. The number of fused-ring (bicyclic) bond motifs is 1. The number of rotatable bonds is 1. The Morgan fingerprint density at radius 3 is 3.12 bits per heavy atom. The molecule has 0 radical (unpaired) electrons. The van der Waals surface area contributed by atoms with Gasteiger partial charge in [-0.3, -0.25) is 0 Å². The zero-order valence-corrected chi connectivity index (χ0v) is 9.97. The second-order valence-corrected chi connectivity index (χ2v) is 5.18. The Morgan fingerprint density at radius 1 is 1.38 bits per heavy atom. The number of nitrogens with zero attached hydrogens (tertiary/aromatic N) is 2. The van der Waals surface area contributed by atoms with Gasteiger partial charge in [-0.25, -0.2) is 9.97 Å². The number of aryl methyl sites for hydroxylation is 1. The summed E-state index contributed by atoms with van der Waals surface area (Å²) < 4.78 is 0. The summed E-state index contributed by atoms with van der Waals surface area (Å²) in [6.07, 6.45) is 0. The summed E-state index contributed by atoms with van der Waals surface area (Å²) in [4.78, 5) is 12.3. The second kappa shape index (κ2) is 4.07. The lowest BCUT2D eigenvalue weighted by Crippen LogP contribution is -2.30. The third-order valence-electron chi connectivity index (χ3n) is 2.76. The van der Waals surface area contributed by atoms with Crippen LogP contribution in [0.2, 0.25) is 0 Å². The van der Waals surface area contributed by atoms with Crippen LogP contribution in [0.3, 0.4) is 0 Å². The molecule has 0 aromatic carbocycles. The molecule has 2 aromatic heterocycles. The van der Waals surface area contributed by atoms with Crippen molar-refractivity contribution in [3.05, 3.63) is 23.7 Å². The average Bonchev–Trinajstić information content (AvgIpc) is 2.73. The topological polar surface area (TPSA) is 53.6 Å². The molecule has 3 rings (SSSR count). The van der Waals surface area contributed by atoms with Crippen molar-refractivity contribution in [2.45, 2.75) is 13.0 Å². The van der Waals surface area contributed by atoms with E-state index in [9.17, 15) is 0 Å². The molecule has 0 bridgehead atoms. The maximum absolute atomic E-state index is 4.55. The molecule has 5 heteroatoms. The molecule has 84 valence electrons. The van der Waals surface area contributed by atoms with Crippen LogP contribution >= 0.6 is 11.8 Å². The van der Waals surface area contributed by atoms with Crippen molar-refractivity contribution < 1.29 is 0 Å². The number of aromatic amines is 1. The third-order valence-corrected chi connectivity index (χ3v) is 3.82. The minimum Gasteiger partial charge on any atom is -0.339 e. The van der Waals surface area contributed by atoms with Crippen LogP contribution in [0, 0.1) is 6.92 Å². The normalized spacial score (nSPS) is 21.4. The van der Waals surface area contributed by atoms with E-state index in [2.05, 4.69) is 20.3 Å². The monoisotopic (exact) mass is 234 g/mol. The molecule has 4 nitrogen and oxygen atoms in total. The van der Waals surface area contributed by atoms with Crippen molar-refractivity contribution >= 4 is 22.9 Å². The number of nitrogens with one attached hydrogen (secondary N) is 2. The van der Waals surface area contributed by atoms with Crippen molar-refractivity contribution in [1.82, 2.24) is 20.3 Å². The fourth-order valence-electron chi connectivity index (χ4n) is 1.91. The zero-order chi connectivity index (χ0) is 11.0. The van der Waals surface area contributed by atoms with E-state index in [1.807, 2.05) is 30.8 Å². The Morgan fingerprint density at radius 2 is 2.31 bits per heavy atom. The minimum atomic E-state index is 0.341. The summed E-state index contributed by atoms with van der Waals surface area (Å²) in [6.45, 7) is 3.04. The minimum absolute atomic E-state index is 0.341. The molecule has 1 aliphatic heterocycles. The molecule has 3 heterocycles. The van der Waals surface area contributed by atoms with Crippen LogP contribution in [0.1, 0.15) is 17.6 Å². The van der Waals surface area contributed by atoms with E-state index in [0.717, 1.165) is 35.0 Å². The highest BCUT2D eigenvalue weighted by Crippen LogP contribution is 2.21. The molecule has 1 saturated heterocycles. The van der Waals surface area contributed by atoms with E-state index in [1.165, 1.54) is 5.75 Å². The lowest BCUT2D eigenvalue weighted by Gasteiger charge is -2.20. The smallest absolute Gasteiger partial charge is 0.178 e. The van der Waals surface area contributed by atoms with Crippen molar-refractivity contribution in [2.75, 3.05) is 18.1 Å². The van der Waals surface area contributed by atoms with E-state index < -0.39 is 0 Å². The van der Waals surface area contributed by atoms with Gasteiger partial charge in [0.1, 0.15) is 5.82 Å². The summed E-state index contributed by atoms with van der Waals surface area (Å²) in [5.41, 5.74) is 2.86. The van der Waals surface area contributed by atoms with Crippen molar-refractivity contribution in [2.24, 2.45) is 0 Å². The number of aromatic nitrogens is 3. The predicted octanol–water partition coefficient (Wildman–Crippen LogP) is 1.64. The largest absolute Gasteiger partial charge is 0.339 e. The number of imidazole rings is 1. The van der Waals surface area contributed by atoms with E-state index >= 15 is 0 Å². The molecule has 2 N–H and O–H groups in total. The molecule has 0 amide bonds. The Hall–Kier alpha value is -1.07. The highest BCUT2D eigenvalue weighted by Gasteiger charge is 2.18. The highest BCUT2D eigenvalue weighted by atomic mass is 32.2. The van der Waals surface area contributed by atoms with Crippen LogP contribution in [-0.2, 0) is 0 Å². The molecule has 1 aliphatic rings. The van der Waals surface area contributed by atoms with Gasteiger partial charge in [0.2, 0.25) is 0 Å². The quantitative estimate of drug-likeness (QED) is 0.787. The van der Waals surface area contributed by atoms with Crippen LogP contribution in [0.4, 0.5) is 0 Å². The van der Waals surface area contributed by atoms with E-state index in [1.54, 1.807) is 0 Å². The summed E-state index contributed by atoms with van der Waals surface area (Å²) in [6, 6.07) is 4.39. The molecule has 1 unspecified atom stereocenters. The van der Waals surface area contributed by atoms with Gasteiger partial charge in [0.05, 0.1) is 11.6 Å². The number of hydrogen-bond acceptors (Lipinski definition) is 4. The van der Waals surface area contributed by atoms with E-state index in [0.29, 0.717) is 6.04 Å². The maximum Gasteiger partial charge on any atom is 0.178 e. The van der Waals surface area contributed by atoms with E-state index in [4.69, 9.17) is 0 Å². The molecule has 1 atom stereocenters. The van der Waals surface area contributed by atoms with Crippen LogP contribution in [0.25, 0.3) is 11.2 Å². The number of pyridine rings is 1. The maximum atomic E-state index is 4.55. The van der Waals surface area contributed by atoms with Crippen LogP contribution in [-0.4, -0.2) is 33.0 Å². The number of H-pyrrole nitrogens is 1. The zero-order valence-electron chi connectivity index (χ0n) is 9.16. The first kappa shape index (κ1) is 10.1. The molecule has 0 spiro atoms. The van der Waals surface area contributed by atoms with Gasteiger partial charge >= 0.3 is 0 Å². The summed E-state index contributed by atoms with van der Waals surface area (Å²) in [5.74, 6) is 3.28. The standard InChI is InChI=1S/C11H14N4S/c1-7-2-3-8-10(13-7)15-11(14-8)9-6-16-5-4-12-9/h2-3,9,12H,4-6H2,1H3,(H,13,14,15). The lowest BCUT2D eigenvalue weighted by molar-refractivity contribution is 0.570. The summed E-state index contributed by atoms with van der Waals surface area (Å²) in [7, 11) is 0. The van der Waals surface area contributed by atoms with Gasteiger partial charge in [-0.15, -0.1) is 0 Å². The van der Waals surface area contributed by atoms with Gasteiger partial charge in [0, 0.05) is 23.7 Å². The molecular weight excluding hydrogens is 220 g/mol. The van der Waals surface area contributed by atoms with Gasteiger partial charge in [0.25, 0.3) is 0 Å². The summed E-state index contributed by atoms with van der Waals surface area (Å²) in [5, 5.41) is 3.47. The molecule has 1 fully saturated rings. The van der Waals surface area contributed by atoms with Gasteiger partial charge in [0.15, 0.2) is 5.65 Å². The molecule has 2 aromatic rings.